The standard InChI is InChI=1S/C12H12O2S/c1-3-12(8-9-12)10-6-4-5-7-11(10)15(2,13)14/h1,4-7H,8-9H2,2H3. The molecule has 0 aromatic heterocycles. The number of terminal acetylenes is 1. The normalized spacial score (nSPS) is 18.1. The smallest absolute Gasteiger partial charge is 0.175 e. The molecule has 0 amide bonds. The summed E-state index contributed by atoms with van der Waals surface area (Å²) in [5.41, 5.74) is 0.467. The summed E-state index contributed by atoms with van der Waals surface area (Å²) in [7, 11) is -3.18. The van der Waals surface area contributed by atoms with Crippen LogP contribution in [0.2, 0.25) is 0 Å². The summed E-state index contributed by atoms with van der Waals surface area (Å²) in [6, 6.07) is 7.01. The topological polar surface area (TPSA) is 34.1 Å². The molecule has 1 fully saturated rings. The van der Waals surface area contributed by atoms with Crippen LogP contribution in [0.3, 0.4) is 0 Å². The van der Waals surface area contributed by atoms with Gasteiger partial charge in [0.25, 0.3) is 0 Å². The zero-order chi connectivity index (χ0) is 11.1. The van der Waals surface area contributed by atoms with Crippen LogP contribution in [0.25, 0.3) is 0 Å². The molecule has 1 saturated carbocycles. The van der Waals surface area contributed by atoms with Gasteiger partial charge in [0, 0.05) is 6.26 Å². The molecule has 3 heteroatoms. The first kappa shape index (κ1) is 10.3. The second-order valence-electron chi connectivity index (χ2n) is 3.99. The van der Waals surface area contributed by atoms with Crippen LogP contribution in [0.5, 0.6) is 0 Å². The van der Waals surface area contributed by atoms with E-state index >= 15 is 0 Å². The Hall–Kier alpha value is -1.27. The Balaban J connectivity index is 2.64. The molecule has 0 atom stereocenters. The minimum atomic E-state index is -3.18. The van der Waals surface area contributed by atoms with Crippen LogP contribution in [-0.4, -0.2) is 14.7 Å². The maximum atomic E-state index is 11.6. The Kier molecular flexibility index (Phi) is 2.13. The highest BCUT2D eigenvalue weighted by Gasteiger charge is 2.44. The van der Waals surface area contributed by atoms with Gasteiger partial charge in [-0.1, -0.05) is 24.1 Å². The fraction of sp³-hybridized carbons (Fsp3) is 0.333. The van der Waals surface area contributed by atoms with Crippen molar-refractivity contribution in [1.29, 1.82) is 0 Å². The SMILES string of the molecule is C#CC1(c2ccccc2S(C)(=O)=O)CC1. The van der Waals surface area contributed by atoms with E-state index in [0.29, 0.717) is 4.90 Å². The molecule has 1 aromatic carbocycles. The van der Waals surface area contributed by atoms with Crippen molar-refractivity contribution in [2.75, 3.05) is 6.26 Å². The van der Waals surface area contributed by atoms with Crippen LogP contribution in [0.1, 0.15) is 18.4 Å². The van der Waals surface area contributed by atoms with Crippen LogP contribution in [0.15, 0.2) is 29.2 Å². The summed E-state index contributed by atoms with van der Waals surface area (Å²) in [4.78, 5) is 0.375. The maximum Gasteiger partial charge on any atom is 0.175 e. The Bertz CT molecular complexity index is 531. The fourth-order valence-electron chi connectivity index (χ4n) is 1.80. The van der Waals surface area contributed by atoms with E-state index in [1.165, 1.54) is 6.26 Å². The average Bonchev–Trinajstić information content (AvgIpc) is 2.97. The molecule has 0 spiro atoms. The molecule has 0 N–H and O–H groups in total. The molecule has 0 heterocycles. The molecule has 0 unspecified atom stereocenters. The molecule has 0 bridgehead atoms. The molecule has 78 valence electrons. The van der Waals surface area contributed by atoms with Crippen LogP contribution >= 0.6 is 0 Å². The van der Waals surface area contributed by atoms with Gasteiger partial charge in [-0.25, -0.2) is 8.42 Å². The second kappa shape index (κ2) is 3.11. The minimum Gasteiger partial charge on any atom is -0.224 e. The van der Waals surface area contributed by atoms with Gasteiger partial charge in [0.1, 0.15) is 0 Å². The third-order valence-corrected chi connectivity index (χ3v) is 3.98. The Morgan fingerprint density at radius 3 is 2.40 bits per heavy atom. The summed E-state index contributed by atoms with van der Waals surface area (Å²) in [6.07, 6.45) is 8.46. The lowest BCUT2D eigenvalue weighted by molar-refractivity contribution is 0.600. The van der Waals surface area contributed by atoms with Gasteiger partial charge in [-0.3, -0.25) is 0 Å². The van der Waals surface area contributed by atoms with Crippen molar-refractivity contribution in [3.63, 3.8) is 0 Å². The molecule has 1 aliphatic rings. The lowest BCUT2D eigenvalue weighted by atomic mass is 9.97. The summed E-state index contributed by atoms with van der Waals surface area (Å²) in [5.74, 6) is 2.72. The molecular formula is C12H12O2S. The first-order valence-electron chi connectivity index (χ1n) is 4.77. The lowest BCUT2D eigenvalue weighted by Crippen LogP contribution is -2.10. The number of rotatable bonds is 2. The molecule has 15 heavy (non-hydrogen) atoms. The van der Waals surface area contributed by atoms with E-state index in [-0.39, 0.29) is 5.41 Å². The number of hydrogen-bond acceptors (Lipinski definition) is 2. The van der Waals surface area contributed by atoms with Crippen molar-refractivity contribution in [2.45, 2.75) is 23.2 Å². The molecule has 0 radical (unpaired) electrons. The molecule has 0 saturated heterocycles. The summed E-state index contributed by atoms with van der Waals surface area (Å²) >= 11 is 0. The van der Waals surface area contributed by atoms with Crippen molar-refractivity contribution in [3.8, 4) is 12.3 Å². The van der Waals surface area contributed by atoms with Crippen molar-refractivity contribution >= 4 is 9.84 Å². The zero-order valence-electron chi connectivity index (χ0n) is 8.53. The largest absolute Gasteiger partial charge is 0.224 e. The second-order valence-corrected chi connectivity index (χ2v) is 5.98. The molecule has 2 rings (SSSR count). The fourth-order valence-corrected chi connectivity index (χ4v) is 2.79. The molecular weight excluding hydrogens is 208 g/mol. The third kappa shape index (κ3) is 1.66. The highest BCUT2D eigenvalue weighted by atomic mass is 32.2. The minimum absolute atomic E-state index is 0.320. The van der Waals surface area contributed by atoms with Gasteiger partial charge in [-0.05, 0) is 24.5 Å². The zero-order valence-corrected chi connectivity index (χ0v) is 9.34. The van der Waals surface area contributed by atoms with Gasteiger partial charge in [0.05, 0.1) is 10.3 Å². The van der Waals surface area contributed by atoms with Gasteiger partial charge in [0.2, 0.25) is 0 Å². The predicted molar refractivity (Wildman–Crippen MR) is 59.3 cm³/mol. The molecule has 1 aliphatic carbocycles. The van der Waals surface area contributed by atoms with E-state index in [0.717, 1.165) is 18.4 Å². The highest BCUT2D eigenvalue weighted by Crippen LogP contribution is 2.49. The van der Waals surface area contributed by atoms with Crippen LogP contribution in [-0.2, 0) is 15.3 Å². The van der Waals surface area contributed by atoms with E-state index < -0.39 is 9.84 Å². The first-order valence-corrected chi connectivity index (χ1v) is 6.66. The number of sulfone groups is 1. The van der Waals surface area contributed by atoms with E-state index in [1.807, 2.05) is 12.1 Å². The number of hydrogen-bond donors (Lipinski definition) is 0. The quantitative estimate of drug-likeness (QED) is 0.712. The van der Waals surface area contributed by atoms with Gasteiger partial charge >= 0.3 is 0 Å². The van der Waals surface area contributed by atoms with E-state index in [2.05, 4.69) is 5.92 Å². The highest BCUT2D eigenvalue weighted by molar-refractivity contribution is 7.90. The van der Waals surface area contributed by atoms with E-state index in [9.17, 15) is 8.42 Å². The van der Waals surface area contributed by atoms with Crippen LogP contribution in [0.4, 0.5) is 0 Å². The molecule has 1 aromatic rings. The first-order chi connectivity index (χ1) is 6.99. The Morgan fingerprint density at radius 1 is 1.33 bits per heavy atom. The summed E-state index contributed by atoms with van der Waals surface area (Å²) < 4.78 is 23.2. The third-order valence-electron chi connectivity index (χ3n) is 2.83. The summed E-state index contributed by atoms with van der Waals surface area (Å²) in [5, 5.41) is 0. The van der Waals surface area contributed by atoms with Crippen molar-refractivity contribution in [2.24, 2.45) is 0 Å². The lowest BCUT2D eigenvalue weighted by Gasteiger charge is -2.12. The molecule has 2 nitrogen and oxygen atoms in total. The van der Waals surface area contributed by atoms with E-state index in [1.54, 1.807) is 12.1 Å². The van der Waals surface area contributed by atoms with Crippen molar-refractivity contribution < 1.29 is 8.42 Å². The average molecular weight is 220 g/mol. The van der Waals surface area contributed by atoms with Gasteiger partial charge in [-0.15, -0.1) is 6.42 Å². The molecule has 0 aliphatic heterocycles. The van der Waals surface area contributed by atoms with Gasteiger partial charge < -0.3 is 0 Å². The predicted octanol–water partition coefficient (Wildman–Crippen LogP) is 1.75. The van der Waals surface area contributed by atoms with Crippen LogP contribution in [0, 0.1) is 12.3 Å². The van der Waals surface area contributed by atoms with Gasteiger partial charge in [-0.2, -0.15) is 0 Å². The summed E-state index contributed by atoms with van der Waals surface area (Å²) in [6.45, 7) is 0. The monoisotopic (exact) mass is 220 g/mol. The van der Waals surface area contributed by atoms with Crippen LogP contribution < -0.4 is 0 Å². The van der Waals surface area contributed by atoms with Crippen molar-refractivity contribution in [3.05, 3.63) is 29.8 Å². The van der Waals surface area contributed by atoms with E-state index in [4.69, 9.17) is 6.42 Å². The Labute approximate surface area is 90.2 Å². The Morgan fingerprint density at radius 2 is 1.93 bits per heavy atom. The van der Waals surface area contributed by atoms with Gasteiger partial charge in [0.15, 0.2) is 9.84 Å². The number of benzene rings is 1. The maximum absolute atomic E-state index is 11.6. The van der Waals surface area contributed by atoms with Crippen molar-refractivity contribution in [1.82, 2.24) is 0 Å².